The molecule has 34 heavy (non-hydrogen) atoms. The fourth-order valence-electron chi connectivity index (χ4n) is 2.73. The monoisotopic (exact) mass is 614 g/mol. The van der Waals surface area contributed by atoms with Crippen molar-refractivity contribution in [3.8, 4) is 11.4 Å². The van der Waals surface area contributed by atoms with Gasteiger partial charge in [-0.15, -0.1) is 0 Å². The topological polar surface area (TPSA) is 62.8 Å². The van der Waals surface area contributed by atoms with E-state index in [2.05, 4.69) is 64.7 Å². The molecule has 4 nitrogen and oxygen atoms in total. The van der Waals surface area contributed by atoms with Crippen LogP contribution in [-0.4, -0.2) is 15.8 Å². The summed E-state index contributed by atoms with van der Waals surface area (Å²) in [6.45, 7) is 6.54. The van der Waals surface area contributed by atoms with Crippen LogP contribution in [0.25, 0.3) is 11.4 Å². The molecule has 4 rings (SSSR count). The zero-order valence-electron chi connectivity index (χ0n) is 18.0. The normalized spacial score (nSPS) is 13.5. The first-order valence-corrected chi connectivity index (χ1v) is 13.7. The van der Waals surface area contributed by atoms with Crippen LogP contribution >= 0.6 is 17.5 Å². The van der Waals surface area contributed by atoms with Crippen molar-refractivity contribution in [3.05, 3.63) is 87.3 Å². The Hall–Kier alpha value is -2.09. The number of halogens is 7. The number of pyridine rings is 2. The Bertz CT molecular complexity index is 1190. The molecule has 1 aromatic carbocycles. The number of fused-ring (bicyclic) bond motifs is 3. The van der Waals surface area contributed by atoms with E-state index < -0.39 is 7.81 Å². The molecule has 3 aromatic rings. The van der Waals surface area contributed by atoms with Gasteiger partial charge in [-0.2, -0.15) is 0 Å². The maximum absolute atomic E-state index is 11.8. The molecule has 13 heteroatoms. The first kappa shape index (κ1) is 29.9. The van der Waals surface area contributed by atoms with Crippen molar-refractivity contribution in [1.82, 2.24) is 9.97 Å². The second-order valence-corrected chi connectivity index (χ2v) is 9.28. The van der Waals surface area contributed by atoms with Crippen molar-refractivity contribution in [3.63, 3.8) is 0 Å². The standard InChI is InChI=1S/C11H6N2O2.C10H14.ClH.F6P.Ru/c14-8-4-3-7-10(13-8)9-6(11(7)15)2-1-5-12-9;1-8(2)10-6-4-9(3)5-7-10;;1-7(2,3,4,5)6;/h1-5H,(H,13,14);4-8H,1-3H3;1H;;/q;;;-1;+2/p-1. The van der Waals surface area contributed by atoms with Crippen molar-refractivity contribution >= 4 is 23.3 Å². The summed E-state index contributed by atoms with van der Waals surface area (Å²) in [7, 11) is -6.09. The van der Waals surface area contributed by atoms with E-state index in [9.17, 15) is 34.8 Å². The molecule has 1 N–H and O–H groups in total. The first-order chi connectivity index (χ1) is 15.4. The molecule has 0 atom stereocenters. The SMILES string of the molecule is Cc1ccc(C(C)C)cc1.F[P-](F)(F)(F)(F)F.O=C1c2cccnc2-c2[nH]c(=O)ccc21.[Cl][Ru+]. The van der Waals surface area contributed by atoms with E-state index in [0.717, 1.165) is 0 Å². The molecule has 2 aromatic heterocycles. The van der Waals surface area contributed by atoms with Gasteiger partial charge in [0.1, 0.15) is 0 Å². The third kappa shape index (κ3) is 10.9. The zero-order valence-corrected chi connectivity index (χ0v) is 21.4. The molecule has 0 fully saturated rings. The summed E-state index contributed by atoms with van der Waals surface area (Å²) in [6.07, 6.45) is 1.60. The van der Waals surface area contributed by atoms with Crippen LogP contribution in [0.1, 0.15) is 46.8 Å². The Morgan fingerprint density at radius 3 is 1.91 bits per heavy atom. The minimum atomic E-state index is -10.7. The van der Waals surface area contributed by atoms with Crippen molar-refractivity contribution in [1.29, 1.82) is 0 Å². The summed E-state index contributed by atoms with van der Waals surface area (Å²) in [6, 6.07) is 15.0. The van der Waals surface area contributed by atoms with Crippen LogP contribution in [0, 0.1) is 6.92 Å². The second-order valence-electron chi connectivity index (χ2n) is 7.36. The van der Waals surface area contributed by atoms with E-state index in [-0.39, 0.29) is 11.3 Å². The first-order valence-electron chi connectivity index (χ1n) is 9.42. The molecular formula is C21H20ClF6N2O2PRu. The fraction of sp³-hybridized carbons (Fsp3) is 0.190. The number of nitrogens with zero attached hydrogens (tertiary/aromatic N) is 1. The average molecular weight is 614 g/mol. The number of hydrogen-bond acceptors (Lipinski definition) is 3. The van der Waals surface area contributed by atoms with E-state index in [1.807, 2.05) is 17.3 Å². The van der Waals surface area contributed by atoms with Crippen LogP contribution < -0.4 is 5.56 Å². The molecule has 0 spiro atoms. The molecule has 0 saturated heterocycles. The molecule has 0 saturated carbocycles. The number of ketones is 1. The second kappa shape index (κ2) is 10.7. The number of carbonyl (C=O) groups is 1. The third-order valence-electron chi connectivity index (χ3n) is 4.20. The number of aromatic amines is 1. The van der Waals surface area contributed by atoms with E-state index >= 15 is 0 Å². The molecule has 1 aliphatic rings. The van der Waals surface area contributed by atoms with Gasteiger partial charge in [0.15, 0.2) is 5.78 Å². The van der Waals surface area contributed by atoms with Crippen LogP contribution in [-0.2, 0) is 17.3 Å². The van der Waals surface area contributed by atoms with Gasteiger partial charge in [0.2, 0.25) is 5.56 Å². The average Bonchev–Trinajstić information content (AvgIpc) is 3.00. The predicted octanol–water partition coefficient (Wildman–Crippen LogP) is 8.17. The number of benzene rings is 1. The number of carbonyl (C=O) groups excluding carboxylic acids is 1. The van der Waals surface area contributed by atoms with Crippen molar-refractivity contribution in [2.45, 2.75) is 26.7 Å². The van der Waals surface area contributed by atoms with Crippen LogP contribution in [0.4, 0.5) is 25.2 Å². The molecule has 0 aliphatic heterocycles. The van der Waals surface area contributed by atoms with E-state index in [1.165, 1.54) is 23.3 Å². The van der Waals surface area contributed by atoms with Gasteiger partial charge in [-0.3, -0.25) is 14.6 Å². The maximum atomic E-state index is 11.8. The molecule has 188 valence electrons. The predicted molar refractivity (Wildman–Crippen MR) is 118 cm³/mol. The fourth-order valence-corrected chi connectivity index (χ4v) is 2.73. The molecule has 1 aliphatic carbocycles. The Labute approximate surface area is 205 Å². The van der Waals surface area contributed by atoms with Crippen LogP contribution in [0.3, 0.4) is 0 Å². The number of aromatic nitrogens is 2. The molecular weight excluding hydrogens is 594 g/mol. The van der Waals surface area contributed by atoms with Gasteiger partial charge in [-0.1, -0.05) is 43.7 Å². The van der Waals surface area contributed by atoms with Crippen molar-refractivity contribution in [2.75, 3.05) is 0 Å². The Morgan fingerprint density at radius 1 is 0.882 bits per heavy atom. The zero-order chi connectivity index (χ0) is 26.4. The van der Waals surface area contributed by atoms with Gasteiger partial charge in [0, 0.05) is 17.8 Å². The van der Waals surface area contributed by atoms with Gasteiger partial charge in [0.25, 0.3) is 0 Å². The van der Waals surface area contributed by atoms with E-state index in [1.54, 1.807) is 18.3 Å². The van der Waals surface area contributed by atoms with Crippen molar-refractivity contribution in [2.24, 2.45) is 0 Å². The number of aryl methyl sites for hydroxylation is 1. The van der Waals surface area contributed by atoms with Gasteiger partial charge in [0.05, 0.1) is 17.0 Å². The molecule has 0 bridgehead atoms. The van der Waals surface area contributed by atoms with Gasteiger partial charge >= 0.3 is 60.0 Å². The number of hydrogen-bond donors (Lipinski definition) is 1. The Kier molecular flexibility index (Phi) is 9.40. The molecule has 0 unspecified atom stereocenters. The van der Waals surface area contributed by atoms with E-state index in [0.29, 0.717) is 28.4 Å². The summed E-state index contributed by atoms with van der Waals surface area (Å²) in [5, 5.41) is 0. The summed E-state index contributed by atoms with van der Waals surface area (Å²) in [5.74, 6) is 0.574. The third-order valence-corrected chi connectivity index (χ3v) is 4.20. The number of H-pyrrole nitrogens is 1. The summed E-state index contributed by atoms with van der Waals surface area (Å²) in [4.78, 5) is 29.7. The minimum absolute atomic E-state index is 0.0793. The van der Waals surface area contributed by atoms with Gasteiger partial charge in [-0.25, -0.2) is 0 Å². The molecule has 0 radical (unpaired) electrons. The number of rotatable bonds is 1. The van der Waals surface area contributed by atoms with Crippen molar-refractivity contribution < 1.29 is 47.3 Å². The van der Waals surface area contributed by atoms with E-state index in [4.69, 9.17) is 0 Å². The Balaban J connectivity index is 0.000000266. The molecule has 0 amide bonds. The summed E-state index contributed by atoms with van der Waals surface area (Å²) in [5.41, 5.74) is 4.70. The summed E-state index contributed by atoms with van der Waals surface area (Å²) >= 11 is 1.82. The van der Waals surface area contributed by atoms with Crippen LogP contribution in [0.2, 0.25) is 0 Å². The summed E-state index contributed by atoms with van der Waals surface area (Å²) < 4.78 is 59.2. The molecule has 2 heterocycles. The quantitative estimate of drug-likeness (QED) is 0.134. The van der Waals surface area contributed by atoms with Crippen LogP contribution in [0.5, 0.6) is 0 Å². The van der Waals surface area contributed by atoms with Gasteiger partial charge < -0.3 is 4.98 Å². The van der Waals surface area contributed by atoms with Gasteiger partial charge in [-0.05, 0) is 36.6 Å². The Morgan fingerprint density at radius 2 is 1.41 bits per heavy atom. The van der Waals surface area contributed by atoms with Crippen LogP contribution in [0.15, 0.2) is 59.5 Å². The number of nitrogens with one attached hydrogen (secondary N) is 1.